The van der Waals surface area contributed by atoms with Gasteiger partial charge in [0.1, 0.15) is 6.54 Å². The van der Waals surface area contributed by atoms with E-state index in [2.05, 4.69) is 4.74 Å². The van der Waals surface area contributed by atoms with Crippen LogP contribution in [0.25, 0.3) is 0 Å². The molecular formula is C18H26N2O5. The molecule has 7 nitrogen and oxygen atoms in total. The number of carbonyl (C=O) groups excluding carboxylic acids is 4. The Labute approximate surface area is 147 Å². The van der Waals surface area contributed by atoms with Gasteiger partial charge >= 0.3 is 5.97 Å². The van der Waals surface area contributed by atoms with E-state index in [1.165, 1.54) is 12.0 Å². The van der Waals surface area contributed by atoms with Gasteiger partial charge < -0.3 is 9.64 Å². The first-order valence-corrected chi connectivity index (χ1v) is 9.14. The van der Waals surface area contributed by atoms with Crippen LogP contribution in [0, 0.1) is 11.3 Å². The van der Waals surface area contributed by atoms with Crippen molar-refractivity contribution >= 4 is 23.7 Å². The number of amides is 3. The lowest BCUT2D eigenvalue weighted by Crippen LogP contribution is -2.46. The number of piperidine rings is 1. The van der Waals surface area contributed by atoms with Crippen molar-refractivity contribution in [2.75, 3.05) is 26.7 Å². The van der Waals surface area contributed by atoms with Gasteiger partial charge in [0.25, 0.3) is 0 Å². The van der Waals surface area contributed by atoms with Crippen molar-refractivity contribution in [3.05, 3.63) is 0 Å². The van der Waals surface area contributed by atoms with E-state index in [0.717, 1.165) is 38.5 Å². The smallest absolute Gasteiger partial charge is 0.305 e. The molecule has 3 amide bonds. The van der Waals surface area contributed by atoms with Crippen molar-refractivity contribution in [1.29, 1.82) is 0 Å². The molecule has 138 valence electrons. The van der Waals surface area contributed by atoms with Gasteiger partial charge in [0.05, 0.1) is 12.5 Å². The number of carbonyl (C=O) groups is 4. The van der Waals surface area contributed by atoms with E-state index < -0.39 is 5.41 Å². The van der Waals surface area contributed by atoms with Crippen LogP contribution in [0.15, 0.2) is 0 Å². The van der Waals surface area contributed by atoms with Crippen LogP contribution in [-0.4, -0.2) is 60.2 Å². The van der Waals surface area contributed by atoms with Crippen molar-refractivity contribution in [1.82, 2.24) is 9.80 Å². The second-order valence-electron chi connectivity index (χ2n) is 7.55. The van der Waals surface area contributed by atoms with E-state index in [9.17, 15) is 19.2 Å². The highest BCUT2D eigenvalue weighted by Crippen LogP contribution is 2.46. The van der Waals surface area contributed by atoms with Crippen LogP contribution in [0.3, 0.4) is 0 Å². The second kappa shape index (κ2) is 7.14. The molecule has 1 saturated carbocycles. The molecule has 3 aliphatic rings. The summed E-state index contributed by atoms with van der Waals surface area (Å²) in [4.78, 5) is 51.6. The van der Waals surface area contributed by atoms with E-state index in [1.807, 2.05) is 0 Å². The summed E-state index contributed by atoms with van der Waals surface area (Å²) in [7, 11) is 1.38. The van der Waals surface area contributed by atoms with Gasteiger partial charge in [-0.1, -0.05) is 12.8 Å². The third kappa shape index (κ3) is 3.55. The molecule has 2 saturated heterocycles. The quantitative estimate of drug-likeness (QED) is 0.560. The zero-order valence-corrected chi connectivity index (χ0v) is 14.8. The van der Waals surface area contributed by atoms with E-state index in [4.69, 9.17) is 0 Å². The summed E-state index contributed by atoms with van der Waals surface area (Å²) in [5.41, 5.74) is -0.523. The first-order chi connectivity index (χ1) is 11.9. The minimum atomic E-state index is -0.523. The Bertz CT molecular complexity index is 574. The average Bonchev–Trinajstić information content (AvgIpc) is 3.16. The van der Waals surface area contributed by atoms with Gasteiger partial charge in [-0.25, -0.2) is 0 Å². The van der Waals surface area contributed by atoms with Crippen molar-refractivity contribution < 1.29 is 23.9 Å². The lowest BCUT2D eigenvalue weighted by Gasteiger charge is -2.32. The Morgan fingerprint density at radius 3 is 2.40 bits per heavy atom. The molecule has 0 unspecified atom stereocenters. The van der Waals surface area contributed by atoms with Crippen LogP contribution in [0.1, 0.15) is 51.4 Å². The molecule has 0 N–H and O–H groups in total. The Balaban J connectivity index is 1.52. The van der Waals surface area contributed by atoms with Crippen LogP contribution in [0.5, 0.6) is 0 Å². The highest BCUT2D eigenvalue weighted by atomic mass is 16.5. The fraction of sp³-hybridized carbons (Fsp3) is 0.778. The summed E-state index contributed by atoms with van der Waals surface area (Å²) in [5.74, 6) is -0.522. The highest BCUT2D eigenvalue weighted by Gasteiger charge is 2.53. The first-order valence-electron chi connectivity index (χ1n) is 9.14. The molecule has 7 heteroatoms. The monoisotopic (exact) mass is 350 g/mol. The minimum absolute atomic E-state index is 0.138. The van der Waals surface area contributed by atoms with Gasteiger partial charge in [0.15, 0.2) is 0 Å². The molecule has 3 fully saturated rings. The van der Waals surface area contributed by atoms with Gasteiger partial charge in [0, 0.05) is 25.9 Å². The maximum absolute atomic E-state index is 12.6. The van der Waals surface area contributed by atoms with Crippen molar-refractivity contribution in [3.63, 3.8) is 0 Å². The summed E-state index contributed by atoms with van der Waals surface area (Å²) in [6.07, 6.45) is 5.62. The van der Waals surface area contributed by atoms with Crippen molar-refractivity contribution in [2.24, 2.45) is 11.3 Å². The summed E-state index contributed by atoms with van der Waals surface area (Å²) >= 11 is 0. The standard InChI is InChI=1S/C18H26N2O5/c1-25-16(23)10-13-4-8-19(9-5-13)15(22)12-20-14(21)11-18(17(20)24)6-2-3-7-18/h13H,2-12H2,1H3. The van der Waals surface area contributed by atoms with Gasteiger partial charge in [-0.3, -0.25) is 24.1 Å². The Kier molecular flexibility index (Phi) is 5.11. The molecule has 2 aliphatic heterocycles. The Hall–Kier alpha value is -1.92. The SMILES string of the molecule is COC(=O)CC1CCN(C(=O)CN2C(=O)CC3(CCCC3)C2=O)CC1. The van der Waals surface area contributed by atoms with Gasteiger partial charge in [-0.05, 0) is 31.6 Å². The summed E-state index contributed by atoms with van der Waals surface area (Å²) in [5, 5.41) is 0. The summed E-state index contributed by atoms with van der Waals surface area (Å²) in [6, 6.07) is 0. The number of rotatable bonds is 4. The average molecular weight is 350 g/mol. The zero-order chi connectivity index (χ0) is 18.0. The second-order valence-corrected chi connectivity index (χ2v) is 7.55. The van der Waals surface area contributed by atoms with Crippen LogP contribution < -0.4 is 0 Å². The number of hydrogen-bond acceptors (Lipinski definition) is 5. The molecular weight excluding hydrogens is 324 g/mol. The fourth-order valence-electron chi connectivity index (χ4n) is 4.40. The molecule has 0 aromatic heterocycles. The summed E-state index contributed by atoms with van der Waals surface area (Å²) < 4.78 is 4.68. The maximum atomic E-state index is 12.6. The Morgan fingerprint density at radius 1 is 1.16 bits per heavy atom. The lowest BCUT2D eigenvalue weighted by atomic mass is 9.84. The molecule has 0 aromatic rings. The third-order valence-electron chi connectivity index (χ3n) is 5.99. The molecule has 0 atom stereocenters. The van der Waals surface area contributed by atoms with Crippen molar-refractivity contribution in [3.8, 4) is 0 Å². The molecule has 2 heterocycles. The number of likely N-dealkylation sites (tertiary alicyclic amines) is 2. The molecule has 1 aliphatic carbocycles. The van der Waals surface area contributed by atoms with E-state index in [-0.39, 0.29) is 42.6 Å². The predicted molar refractivity (Wildman–Crippen MR) is 88.2 cm³/mol. The normalized spacial score (nSPS) is 23.6. The zero-order valence-electron chi connectivity index (χ0n) is 14.8. The highest BCUT2D eigenvalue weighted by molar-refractivity contribution is 6.08. The molecule has 0 radical (unpaired) electrons. The van der Waals surface area contributed by atoms with Gasteiger partial charge in [-0.2, -0.15) is 0 Å². The third-order valence-corrected chi connectivity index (χ3v) is 5.99. The Morgan fingerprint density at radius 2 is 1.80 bits per heavy atom. The van der Waals surface area contributed by atoms with Gasteiger partial charge in [-0.15, -0.1) is 0 Å². The molecule has 1 spiro atoms. The van der Waals surface area contributed by atoms with E-state index in [0.29, 0.717) is 19.5 Å². The topological polar surface area (TPSA) is 84.0 Å². The van der Waals surface area contributed by atoms with Crippen LogP contribution in [0.2, 0.25) is 0 Å². The fourth-order valence-corrected chi connectivity index (χ4v) is 4.40. The molecule has 3 rings (SSSR count). The number of ether oxygens (including phenoxy) is 1. The number of imide groups is 1. The van der Waals surface area contributed by atoms with Crippen molar-refractivity contribution in [2.45, 2.75) is 51.4 Å². The van der Waals surface area contributed by atoms with Crippen LogP contribution >= 0.6 is 0 Å². The number of nitrogens with zero attached hydrogens (tertiary/aromatic N) is 2. The largest absolute Gasteiger partial charge is 0.469 e. The first kappa shape index (κ1) is 17.9. The number of methoxy groups -OCH3 is 1. The van der Waals surface area contributed by atoms with E-state index in [1.54, 1.807) is 4.90 Å². The molecule has 25 heavy (non-hydrogen) atoms. The van der Waals surface area contributed by atoms with E-state index >= 15 is 0 Å². The number of esters is 1. The number of hydrogen-bond donors (Lipinski definition) is 0. The molecule has 0 bridgehead atoms. The summed E-state index contributed by atoms with van der Waals surface area (Å²) in [6.45, 7) is 0.977. The maximum Gasteiger partial charge on any atom is 0.305 e. The molecule has 0 aromatic carbocycles. The predicted octanol–water partition coefficient (Wildman–Crippen LogP) is 1.11. The van der Waals surface area contributed by atoms with Gasteiger partial charge in [0.2, 0.25) is 17.7 Å². The van der Waals surface area contributed by atoms with Crippen LogP contribution in [0.4, 0.5) is 0 Å². The van der Waals surface area contributed by atoms with Crippen LogP contribution in [-0.2, 0) is 23.9 Å². The lowest BCUT2D eigenvalue weighted by molar-refractivity contribution is -0.148. The minimum Gasteiger partial charge on any atom is -0.469 e.